The summed E-state index contributed by atoms with van der Waals surface area (Å²) in [5.74, 6) is -0.757. The Morgan fingerprint density at radius 1 is 1.03 bits per heavy atom. The Labute approximate surface area is 173 Å². The maximum absolute atomic E-state index is 13.1. The van der Waals surface area contributed by atoms with Crippen molar-refractivity contribution >= 4 is 34.0 Å². The highest BCUT2D eigenvalue weighted by atomic mass is 35.5. The Morgan fingerprint density at radius 2 is 1.79 bits per heavy atom. The smallest absolute Gasteiger partial charge is 0.238 e. The zero-order valence-electron chi connectivity index (χ0n) is 15.5. The van der Waals surface area contributed by atoms with Crippen molar-refractivity contribution in [3.05, 3.63) is 82.9 Å². The van der Waals surface area contributed by atoms with Gasteiger partial charge in [-0.15, -0.1) is 0 Å². The maximum Gasteiger partial charge on any atom is 0.238 e. The fourth-order valence-electron chi connectivity index (χ4n) is 4.21. The number of aliphatic hydroxyl groups excluding tert-OH is 1. The van der Waals surface area contributed by atoms with Gasteiger partial charge in [-0.25, -0.2) is 0 Å². The highest BCUT2D eigenvalue weighted by Crippen LogP contribution is 2.35. The Balaban J connectivity index is 1.37. The van der Waals surface area contributed by atoms with Crippen LogP contribution >= 0.6 is 11.6 Å². The first-order valence-corrected chi connectivity index (χ1v) is 9.96. The van der Waals surface area contributed by atoms with E-state index in [-0.39, 0.29) is 5.91 Å². The number of likely N-dealkylation sites (tertiary alicyclic amines) is 1. The van der Waals surface area contributed by atoms with Crippen molar-refractivity contribution in [2.45, 2.75) is 18.8 Å². The monoisotopic (exact) mass is 406 g/mol. The van der Waals surface area contributed by atoms with Gasteiger partial charge in [0.15, 0.2) is 12.3 Å². The second-order valence-corrected chi connectivity index (χ2v) is 7.80. The summed E-state index contributed by atoms with van der Waals surface area (Å²) in [7, 11) is 0. The number of oxime groups is 1. The lowest BCUT2D eigenvalue weighted by atomic mass is 9.94. The van der Waals surface area contributed by atoms with Gasteiger partial charge in [-0.2, -0.15) is 0 Å². The fourth-order valence-corrected chi connectivity index (χ4v) is 4.33. The Kier molecular flexibility index (Phi) is 4.49. The first-order chi connectivity index (χ1) is 14.1. The summed E-state index contributed by atoms with van der Waals surface area (Å²) in [5, 5.41) is 17.7. The third-order valence-corrected chi connectivity index (χ3v) is 5.95. The third kappa shape index (κ3) is 3.07. The van der Waals surface area contributed by atoms with Crippen molar-refractivity contribution in [1.29, 1.82) is 0 Å². The van der Waals surface area contributed by atoms with Gasteiger partial charge >= 0.3 is 0 Å². The molecule has 29 heavy (non-hydrogen) atoms. The van der Waals surface area contributed by atoms with Gasteiger partial charge in [-0.1, -0.05) is 71.4 Å². The lowest BCUT2D eigenvalue weighted by molar-refractivity contribution is -0.135. The molecular formula is C23H19ClN2O3. The molecule has 1 saturated heterocycles. The van der Waals surface area contributed by atoms with Crippen LogP contribution in [0.3, 0.4) is 0 Å². The van der Waals surface area contributed by atoms with E-state index in [9.17, 15) is 9.90 Å². The number of carbonyl (C=O) groups excluding carboxylic acids is 1. The highest BCUT2D eigenvalue weighted by molar-refractivity contribution is 6.30. The molecular weight excluding hydrogens is 388 g/mol. The van der Waals surface area contributed by atoms with E-state index in [1.165, 1.54) is 4.90 Å². The molecule has 0 saturated carbocycles. The van der Waals surface area contributed by atoms with Gasteiger partial charge in [0.1, 0.15) is 11.6 Å². The van der Waals surface area contributed by atoms with E-state index in [1.54, 1.807) is 12.1 Å². The van der Waals surface area contributed by atoms with Crippen molar-refractivity contribution in [3.63, 3.8) is 0 Å². The summed E-state index contributed by atoms with van der Waals surface area (Å²) in [5.41, 5.74) is 2.47. The highest BCUT2D eigenvalue weighted by Gasteiger charge is 2.54. The van der Waals surface area contributed by atoms with Crippen molar-refractivity contribution in [2.75, 3.05) is 6.54 Å². The average Bonchev–Trinajstić information content (AvgIpc) is 3.28. The summed E-state index contributed by atoms with van der Waals surface area (Å²) in [6, 6.07) is 21.4. The molecule has 0 bridgehead atoms. The number of benzene rings is 3. The minimum atomic E-state index is -1.02. The Bertz CT molecular complexity index is 1110. The molecule has 3 aromatic carbocycles. The number of carbonyl (C=O) groups is 1. The van der Waals surface area contributed by atoms with E-state index >= 15 is 0 Å². The first kappa shape index (κ1) is 18.2. The second kappa shape index (κ2) is 7.17. The predicted octanol–water partition coefficient (Wildman–Crippen LogP) is 3.62. The van der Waals surface area contributed by atoms with Crippen LogP contribution in [0.25, 0.3) is 10.8 Å². The third-order valence-electron chi connectivity index (χ3n) is 5.70. The SMILES string of the molecule is O=C1[C@@H]2C(c3ccc(Cl)cc3)=NO[C@@H]2[C@H](O)N1CCc1cccc2ccccc12. The Hall–Kier alpha value is -2.89. The Morgan fingerprint density at radius 3 is 2.62 bits per heavy atom. The molecule has 0 aromatic heterocycles. The molecule has 146 valence electrons. The molecule has 6 heteroatoms. The van der Waals surface area contributed by atoms with Crippen LogP contribution in [0.5, 0.6) is 0 Å². The van der Waals surface area contributed by atoms with E-state index in [0.29, 0.717) is 23.7 Å². The molecule has 1 fully saturated rings. The molecule has 0 aliphatic carbocycles. The first-order valence-electron chi connectivity index (χ1n) is 9.58. The van der Waals surface area contributed by atoms with Gasteiger partial charge in [0.25, 0.3) is 0 Å². The topological polar surface area (TPSA) is 62.1 Å². The average molecular weight is 407 g/mol. The minimum Gasteiger partial charge on any atom is -0.386 e. The number of rotatable bonds is 4. The van der Waals surface area contributed by atoms with Gasteiger partial charge < -0.3 is 14.8 Å². The lowest BCUT2D eigenvalue weighted by Crippen LogP contribution is -2.38. The van der Waals surface area contributed by atoms with E-state index in [2.05, 4.69) is 29.4 Å². The largest absolute Gasteiger partial charge is 0.386 e. The fraction of sp³-hybridized carbons (Fsp3) is 0.217. The summed E-state index contributed by atoms with van der Waals surface area (Å²) >= 11 is 5.96. The zero-order chi connectivity index (χ0) is 20.0. The van der Waals surface area contributed by atoms with Crippen molar-refractivity contribution in [2.24, 2.45) is 11.1 Å². The summed E-state index contributed by atoms with van der Waals surface area (Å²) < 4.78 is 0. The maximum atomic E-state index is 13.1. The molecule has 3 aromatic rings. The van der Waals surface area contributed by atoms with Gasteiger partial charge in [-0.3, -0.25) is 4.79 Å². The summed E-state index contributed by atoms with van der Waals surface area (Å²) in [6.07, 6.45) is -1.05. The number of halogens is 1. The minimum absolute atomic E-state index is 0.158. The van der Waals surface area contributed by atoms with Crippen LogP contribution in [0.1, 0.15) is 11.1 Å². The molecule has 5 nitrogen and oxygen atoms in total. The molecule has 2 aliphatic rings. The molecule has 0 unspecified atom stereocenters. The van der Waals surface area contributed by atoms with Gasteiger partial charge in [0.05, 0.1) is 0 Å². The number of aliphatic hydroxyl groups is 1. The van der Waals surface area contributed by atoms with Crippen LogP contribution < -0.4 is 0 Å². The van der Waals surface area contributed by atoms with Crippen LogP contribution in [0, 0.1) is 5.92 Å². The lowest BCUT2D eigenvalue weighted by Gasteiger charge is -2.22. The van der Waals surface area contributed by atoms with E-state index in [0.717, 1.165) is 21.9 Å². The van der Waals surface area contributed by atoms with Gasteiger partial charge in [0.2, 0.25) is 5.91 Å². The quantitative estimate of drug-likeness (QED) is 0.719. The van der Waals surface area contributed by atoms with Crippen LogP contribution in [0.4, 0.5) is 0 Å². The van der Waals surface area contributed by atoms with Crippen LogP contribution in [0.15, 0.2) is 71.9 Å². The molecule has 1 amide bonds. The number of hydrogen-bond acceptors (Lipinski definition) is 4. The van der Waals surface area contributed by atoms with Crippen LogP contribution in [-0.4, -0.2) is 40.5 Å². The van der Waals surface area contributed by atoms with E-state index < -0.39 is 18.2 Å². The second-order valence-electron chi connectivity index (χ2n) is 7.36. The van der Waals surface area contributed by atoms with E-state index in [1.807, 2.05) is 30.3 Å². The molecule has 2 heterocycles. The predicted molar refractivity (Wildman–Crippen MR) is 112 cm³/mol. The molecule has 3 atom stereocenters. The number of hydrogen-bond donors (Lipinski definition) is 1. The summed E-state index contributed by atoms with van der Waals surface area (Å²) in [4.78, 5) is 20.1. The molecule has 0 radical (unpaired) electrons. The summed E-state index contributed by atoms with van der Waals surface area (Å²) in [6.45, 7) is 0.415. The van der Waals surface area contributed by atoms with Crippen molar-refractivity contribution in [1.82, 2.24) is 4.90 Å². The van der Waals surface area contributed by atoms with E-state index in [4.69, 9.17) is 16.4 Å². The van der Waals surface area contributed by atoms with Gasteiger partial charge in [-0.05, 0) is 34.9 Å². The normalized spacial score (nSPS) is 23.2. The number of fused-ring (bicyclic) bond motifs is 2. The standard InChI is InChI=1S/C23H19ClN2O3/c24-17-10-8-16(9-11-17)20-19-21(29-25-20)23(28)26(22(19)27)13-12-15-6-3-5-14-4-1-2-7-18(14)15/h1-11,19,21,23,28H,12-13H2/t19-,21+,23+/m1/s1. The van der Waals surface area contributed by atoms with Crippen molar-refractivity contribution in [3.8, 4) is 0 Å². The molecule has 5 rings (SSSR count). The zero-order valence-corrected chi connectivity index (χ0v) is 16.3. The van der Waals surface area contributed by atoms with Crippen LogP contribution in [0.2, 0.25) is 5.02 Å². The molecule has 1 N–H and O–H groups in total. The molecule has 0 spiro atoms. The molecule has 2 aliphatic heterocycles. The van der Waals surface area contributed by atoms with Crippen LogP contribution in [-0.2, 0) is 16.1 Å². The number of amides is 1. The number of nitrogens with zero attached hydrogens (tertiary/aromatic N) is 2. The van der Waals surface area contributed by atoms with Crippen molar-refractivity contribution < 1.29 is 14.7 Å². The van der Waals surface area contributed by atoms with Gasteiger partial charge in [0, 0.05) is 17.1 Å².